The van der Waals surface area contributed by atoms with E-state index in [1.54, 1.807) is 9.47 Å². The first-order valence-corrected chi connectivity index (χ1v) is 10.5. The van der Waals surface area contributed by atoms with E-state index in [4.69, 9.17) is 0 Å². The lowest BCUT2D eigenvalue weighted by molar-refractivity contribution is 0.0675. The predicted octanol–water partition coefficient (Wildman–Crippen LogP) is 1.83. The summed E-state index contributed by atoms with van der Waals surface area (Å²) >= 11 is 0. The first kappa shape index (κ1) is 21.9. The van der Waals surface area contributed by atoms with Gasteiger partial charge in [-0.3, -0.25) is 14.4 Å². The normalized spacial score (nSPS) is 19.2. The smallest absolute Gasteiger partial charge is 0.274 e. The summed E-state index contributed by atoms with van der Waals surface area (Å²) in [4.78, 5) is 40.5. The molecule has 2 amide bonds. The molecule has 1 unspecified atom stereocenters. The van der Waals surface area contributed by atoms with Gasteiger partial charge in [-0.05, 0) is 26.0 Å². The zero-order valence-corrected chi connectivity index (χ0v) is 17.7. The number of aromatic nitrogens is 1. The van der Waals surface area contributed by atoms with E-state index in [1.165, 1.54) is 6.07 Å². The highest BCUT2D eigenvalue weighted by Gasteiger charge is 2.44. The number of pyridine rings is 1. The molecule has 0 saturated heterocycles. The maximum absolute atomic E-state index is 14.0. The van der Waals surface area contributed by atoms with Crippen molar-refractivity contribution in [2.45, 2.75) is 38.9 Å². The molecule has 2 aliphatic heterocycles. The predicted molar refractivity (Wildman–Crippen MR) is 112 cm³/mol. The van der Waals surface area contributed by atoms with Crippen LogP contribution >= 0.6 is 0 Å². The van der Waals surface area contributed by atoms with Gasteiger partial charge in [0, 0.05) is 31.3 Å². The number of hydrogen-bond donors (Lipinski definition) is 3. The SMILES string of the molecule is CCN[C@@H]1CC2CN(CC)C(=O)c3c(O)c(=O)c(C(=O)NCc4ccc(F)cc4F)c1n32. The molecule has 1 aromatic heterocycles. The van der Waals surface area contributed by atoms with Crippen molar-refractivity contribution in [3.63, 3.8) is 0 Å². The molecule has 32 heavy (non-hydrogen) atoms. The monoisotopic (exact) mass is 446 g/mol. The van der Waals surface area contributed by atoms with E-state index in [-0.39, 0.29) is 35.4 Å². The van der Waals surface area contributed by atoms with Gasteiger partial charge < -0.3 is 25.2 Å². The number of likely N-dealkylation sites (N-methyl/N-ethyl adjacent to an activating group) is 1. The van der Waals surface area contributed by atoms with Crippen LogP contribution in [-0.4, -0.2) is 46.0 Å². The average molecular weight is 446 g/mol. The van der Waals surface area contributed by atoms with Crippen molar-refractivity contribution in [1.82, 2.24) is 20.1 Å². The summed E-state index contributed by atoms with van der Waals surface area (Å²) in [5.74, 6) is -3.59. The first-order valence-electron chi connectivity index (χ1n) is 10.5. The lowest BCUT2D eigenvalue weighted by atomic mass is 10.0. The Morgan fingerprint density at radius 3 is 2.66 bits per heavy atom. The van der Waals surface area contributed by atoms with Gasteiger partial charge in [0.2, 0.25) is 5.43 Å². The number of halogens is 2. The van der Waals surface area contributed by atoms with Crippen LogP contribution in [0.25, 0.3) is 0 Å². The van der Waals surface area contributed by atoms with Crippen molar-refractivity contribution in [3.05, 3.63) is 62.6 Å². The maximum atomic E-state index is 14.0. The Hall–Kier alpha value is -3.27. The number of nitrogens with zero attached hydrogens (tertiary/aromatic N) is 2. The third-order valence-corrected chi connectivity index (χ3v) is 6.06. The number of amides is 2. The summed E-state index contributed by atoms with van der Waals surface area (Å²) in [6.45, 7) is 4.82. The highest BCUT2D eigenvalue weighted by Crippen LogP contribution is 2.42. The van der Waals surface area contributed by atoms with Crippen LogP contribution in [0.1, 0.15) is 64.5 Å². The van der Waals surface area contributed by atoms with Crippen LogP contribution in [-0.2, 0) is 6.54 Å². The molecular weight excluding hydrogens is 422 g/mol. The molecule has 2 aliphatic rings. The molecular formula is C22H24F2N4O4. The van der Waals surface area contributed by atoms with Gasteiger partial charge in [-0.25, -0.2) is 8.78 Å². The second-order valence-corrected chi connectivity index (χ2v) is 7.92. The van der Waals surface area contributed by atoms with Crippen LogP contribution in [0.15, 0.2) is 23.0 Å². The maximum Gasteiger partial charge on any atom is 0.274 e. The summed E-state index contributed by atoms with van der Waals surface area (Å²) in [6, 6.07) is 2.41. The number of hydrogen-bond acceptors (Lipinski definition) is 5. The molecule has 2 atom stereocenters. The van der Waals surface area contributed by atoms with Crippen molar-refractivity contribution in [2.75, 3.05) is 19.6 Å². The minimum absolute atomic E-state index is 0.0494. The van der Waals surface area contributed by atoms with Crippen molar-refractivity contribution < 1.29 is 23.5 Å². The molecule has 10 heteroatoms. The van der Waals surface area contributed by atoms with E-state index in [9.17, 15) is 28.3 Å². The van der Waals surface area contributed by atoms with Crippen LogP contribution in [0.4, 0.5) is 8.78 Å². The fourth-order valence-electron chi connectivity index (χ4n) is 4.60. The minimum Gasteiger partial charge on any atom is -0.503 e. The summed E-state index contributed by atoms with van der Waals surface area (Å²) in [5, 5.41) is 16.4. The Morgan fingerprint density at radius 1 is 1.25 bits per heavy atom. The quantitative estimate of drug-likeness (QED) is 0.628. The largest absolute Gasteiger partial charge is 0.503 e. The number of carbonyl (C=O) groups is 2. The van der Waals surface area contributed by atoms with E-state index in [1.807, 2.05) is 13.8 Å². The van der Waals surface area contributed by atoms with Crippen molar-refractivity contribution in [3.8, 4) is 5.75 Å². The van der Waals surface area contributed by atoms with Gasteiger partial charge in [0.05, 0.1) is 17.8 Å². The molecule has 0 saturated carbocycles. The Labute approximate surface area is 182 Å². The molecule has 0 aliphatic carbocycles. The molecule has 0 radical (unpaired) electrons. The molecule has 3 N–H and O–H groups in total. The lowest BCUT2D eigenvalue weighted by Gasteiger charge is -2.33. The van der Waals surface area contributed by atoms with E-state index >= 15 is 0 Å². The van der Waals surface area contributed by atoms with Crippen molar-refractivity contribution >= 4 is 11.8 Å². The van der Waals surface area contributed by atoms with Crippen LogP contribution in [0.3, 0.4) is 0 Å². The van der Waals surface area contributed by atoms with E-state index in [0.29, 0.717) is 37.8 Å². The Kier molecular flexibility index (Phi) is 5.72. The zero-order chi connectivity index (χ0) is 23.2. The molecule has 0 spiro atoms. The zero-order valence-electron chi connectivity index (χ0n) is 17.7. The van der Waals surface area contributed by atoms with E-state index < -0.39 is 34.6 Å². The lowest BCUT2D eigenvalue weighted by Crippen LogP contribution is -2.44. The number of carbonyl (C=O) groups excluding carboxylic acids is 2. The minimum atomic E-state index is -0.946. The van der Waals surface area contributed by atoms with Gasteiger partial charge in [-0.15, -0.1) is 0 Å². The Bertz CT molecular complexity index is 1160. The third-order valence-electron chi connectivity index (χ3n) is 6.06. The molecule has 170 valence electrons. The van der Waals surface area contributed by atoms with Crippen LogP contribution in [0.5, 0.6) is 5.75 Å². The molecule has 0 fully saturated rings. The number of rotatable bonds is 6. The highest BCUT2D eigenvalue weighted by atomic mass is 19.1. The fraction of sp³-hybridized carbons (Fsp3) is 0.409. The third kappa shape index (κ3) is 3.44. The standard InChI is InChI=1S/C22H24F2N4O4/c1-3-25-15-8-13-10-27(4-2)22(32)18-20(30)19(29)16(17(15)28(13)18)21(31)26-9-11-5-6-12(23)7-14(11)24/h5-7,13,15,25,30H,3-4,8-10H2,1-2H3,(H,26,31)/t13?,15-/m1/s1. The molecule has 3 heterocycles. The fourth-order valence-corrected chi connectivity index (χ4v) is 4.60. The number of aromatic hydroxyl groups is 1. The summed E-state index contributed by atoms with van der Waals surface area (Å²) < 4.78 is 28.7. The van der Waals surface area contributed by atoms with Crippen LogP contribution < -0.4 is 16.1 Å². The van der Waals surface area contributed by atoms with E-state index in [2.05, 4.69) is 10.6 Å². The van der Waals surface area contributed by atoms with Crippen molar-refractivity contribution in [1.29, 1.82) is 0 Å². The van der Waals surface area contributed by atoms with Gasteiger partial charge in [-0.2, -0.15) is 0 Å². The van der Waals surface area contributed by atoms with Gasteiger partial charge in [-0.1, -0.05) is 13.0 Å². The van der Waals surface area contributed by atoms with E-state index in [0.717, 1.165) is 6.07 Å². The van der Waals surface area contributed by atoms with Crippen LogP contribution in [0.2, 0.25) is 0 Å². The van der Waals surface area contributed by atoms with Gasteiger partial charge in [0.15, 0.2) is 11.4 Å². The summed E-state index contributed by atoms with van der Waals surface area (Å²) in [5.41, 5.74) is -0.938. The number of nitrogens with one attached hydrogen (secondary N) is 2. The molecule has 1 aromatic carbocycles. The topological polar surface area (TPSA) is 104 Å². The van der Waals surface area contributed by atoms with Gasteiger partial charge in [0.25, 0.3) is 11.8 Å². The summed E-state index contributed by atoms with van der Waals surface area (Å²) in [7, 11) is 0. The summed E-state index contributed by atoms with van der Waals surface area (Å²) in [6.07, 6.45) is 0.542. The first-order chi connectivity index (χ1) is 15.3. The number of benzene rings is 1. The average Bonchev–Trinajstić information content (AvgIpc) is 3.10. The Balaban J connectivity index is 1.78. The molecule has 2 aromatic rings. The molecule has 4 rings (SSSR count). The van der Waals surface area contributed by atoms with Crippen LogP contribution in [0, 0.1) is 11.6 Å². The van der Waals surface area contributed by atoms with Crippen molar-refractivity contribution in [2.24, 2.45) is 0 Å². The highest BCUT2D eigenvalue weighted by molar-refractivity contribution is 6.00. The van der Waals surface area contributed by atoms with Gasteiger partial charge >= 0.3 is 0 Å². The second-order valence-electron chi connectivity index (χ2n) is 7.92. The molecule has 8 nitrogen and oxygen atoms in total. The van der Waals surface area contributed by atoms with Gasteiger partial charge in [0.1, 0.15) is 17.2 Å². The molecule has 0 bridgehead atoms. The second kappa shape index (κ2) is 8.34. The Morgan fingerprint density at radius 2 is 2.00 bits per heavy atom.